The van der Waals surface area contributed by atoms with E-state index in [9.17, 15) is 14.4 Å². The Morgan fingerprint density at radius 1 is 1.20 bits per heavy atom. The average Bonchev–Trinajstić information content (AvgIpc) is 3.35. The van der Waals surface area contributed by atoms with Gasteiger partial charge in [-0.1, -0.05) is 29.8 Å². The highest BCUT2D eigenvalue weighted by Gasteiger charge is 2.53. The maximum absolute atomic E-state index is 13.7. The third-order valence-corrected chi connectivity index (χ3v) is 6.89. The number of aromatic nitrogens is 2. The predicted molar refractivity (Wildman–Crippen MR) is 128 cm³/mol. The standard InChI is InChI=1S/C25H26ClN5O4/c1-25(24(34)28-13-16-5-2-3-7-19(16)26)14-30-15-29-20(21(30)23(33)31(25)17-8-9-17)22(32)27-11-10-18-6-4-12-35-18/h2-7,12,15,17H,8-11,13-14H2,1H3,(H,27,32)(H,28,34). The summed E-state index contributed by atoms with van der Waals surface area (Å²) in [5.74, 6) is -0.308. The molecule has 9 nitrogen and oxygen atoms in total. The van der Waals surface area contributed by atoms with Gasteiger partial charge in [0.25, 0.3) is 11.8 Å². The van der Waals surface area contributed by atoms with E-state index in [1.807, 2.05) is 24.3 Å². The fraction of sp³-hybridized carbons (Fsp3) is 0.360. The zero-order chi connectivity index (χ0) is 24.6. The molecule has 182 valence electrons. The Morgan fingerprint density at radius 3 is 2.71 bits per heavy atom. The third-order valence-electron chi connectivity index (χ3n) is 6.52. The topological polar surface area (TPSA) is 109 Å². The van der Waals surface area contributed by atoms with Crippen LogP contribution in [0.1, 0.15) is 52.1 Å². The molecule has 3 heterocycles. The molecule has 0 radical (unpaired) electrons. The first-order valence-electron chi connectivity index (χ1n) is 11.6. The lowest BCUT2D eigenvalue weighted by Crippen LogP contribution is -2.64. The van der Waals surface area contributed by atoms with Crippen LogP contribution in [0, 0.1) is 0 Å². The molecule has 1 aromatic carbocycles. The molecule has 0 spiro atoms. The summed E-state index contributed by atoms with van der Waals surface area (Å²) in [4.78, 5) is 45.8. The molecule has 1 saturated carbocycles. The van der Waals surface area contributed by atoms with Gasteiger partial charge in [0.2, 0.25) is 5.91 Å². The number of carbonyl (C=O) groups is 3. The number of benzene rings is 1. The van der Waals surface area contributed by atoms with Gasteiger partial charge >= 0.3 is 0 Å². The molecule has 1 fully saturated rings. The Morgan fingerprint density at radius 2 is 2.00 bits per heavy atom. The second-order valence-corrected chi connectivity index (χ2v) is 9.52. The Balaban J connectivity index is 1.34. The normalized spacial score (nSPS) is 19.4. The lowest BCUT2D eigenvalue weighted by atomic mass is 9.93. The number of amides is 3. The van der Waals surface area contributed by atoms with Gasteiger partial charge in [0.15, 0.2) is 5.69 Å². The van der Waals surface area contributed by atoms with Gasteiger partial charge in [-0.05, 0) is 43.5 Å². The number of rotatable bonds is 8. The Hall–Kier alpha value is -3.59. The molecule has 3 aromatic rings. The zero-order valence-corrected chi connectivity index (χ0v) is 20.0. The van der Waals surface area contributed by atoms with Crippen LogP contribution in [0.25, 0.3) is 0 Å². The summed E-state index contributed by atoms with van der Waals surface area (Å²) in [6, 6.07) is 10.9. The number of nitrogens with zero attached hydrogens (tertiary/aromatic N) is 3. The van der Waals surface area contributed by atoms with E-state index >= 15 is 0 Å². The van der Waals surface area contributed by atoms with Crippen LogP contribution >= 0.6 is 11.6 Å². The summed E-state index contributed by atoms with van der Waals surface area (Å²) < 4.78 is 6.89. The number of halogens is 1. The number of imidazole rings is 1. The van der Waals surface area contributed by atoms with Crippen LogP contribution in [0.5, 0.6) is 0 Å². The summed E-state index contributed by atoms with van der Waals surface area (Å²) in [6.07, 6.45) is 5.20. The van der Waals surface area contributed by atoms with Gasteiger partial charge in [0.1, 0.15) is 17.0 Å². The van der Waals surface area contributed by atoms with E-state index < -0.39 is 11.4 Å². The second kappa shape index (κ2) is 9.22. The SMILES string of the molecule is CC1(C(=O)NCc2ccccc2Cl)Cn2cnc(C(=O)NCCc3ccco3)c2C(=O)N1C1CC1. The third kappa shape index (κ3) is 4.43. The molecule has 35 heavy (non-hydrogen) atoms. The van der Waals surface area contributed by atoms with E-state index in [2.05, 4.69) is 15.6 Å². The molecule has 5 rings (SSSR count). The highest BCUT2D eigenvalue weighted by molar-refractivity contribution is 6.31. The van der Waals surface area contributed by atoms with Crippen molar-refractivity contribution in [3.05, 3.63) is 76.7 Å². The minimum atomic E-state index is -1.12. The second-order valence-electron chi connectivity index (χ2n) is 9.11. The van der Waals surface area contributed by atoms with Crippen molar-refractivity contribution >= 4 is 29.3 Å². The predicted octanol–water partition coefficient (Wildman–Crippen LogP) is 2.80. The molecular weight excluding hydrogens is 470 g/mol. The quantitative estimate of drug-likeness (QED) is 0.499. The molecule has 2 aromatic heterocycles. The molecule has 2 N–H and O–H groups in total. The fourth-order valence-corrected chi connectivity index (χ4v) is 4.77. The molecule has 1 aliphatic carbocycles. The Kier molecular flexibility index (Phi) is 6.10. The summed E-state index contributed by atoms with van der Waals surface area (Å²) in [5.41, 5.74) is -0.0503. The van der Waals surface area contributed by atoms with E-state index in [-0.39, 0.29) is 42.3 Å². The highest BCUT2D eigenvalue weighted by Crippen LogP contribution is 2.39. The lowest BCUT2D eigenvalue weighted by Gasteiger charge is -2.44. The number of carbonyl (C=O) groups excluding carboxylic acids is 3. The van der Waals surface area contributed by atoms with Gasteiger partial charge in [0.05, 0.1) is 19.1 Å². The van der Waals surface area contributed by atoms with Crippen LogP contribution in [0.15, 0.2) is 53.4 Å². The largest absolute Gasteiger partial charge is 0.469 e. The lowest BCUT2D eigenvalue weighted by molar-refractivity contribution is -0.133. The molecule has 2 aliphatic rings. The van der Waals surface area contributed by atoms with Gasteiger partial charge in [-0.2, -0.15) is 0 Å². The number of hydrogen-bond donors (Lipinski definition) is 2. The van der Waals surface area contributed by atoms with Crippen molar-refractivity contribution in [2.24, 2.45) is 0 Å². The Bertz CT molecular complexity index is 1270. The number of hydrogen-bond acceptors (Lipinski definition) is 5. The first kappa shape index (κ1) is 23.2. The molecule has 10 heteroatoms. The molecule has 1 aliphatic heterocycles. The van der Waals surface area contributed by atoms with Crippen LogP contribution in [-0.2, 0) is 24.3 Å². The summed E-state index contributed by atoms with van der Waals surface area (Å²) in [5, 5.41) is 6.32. The molecule has 0 bridgehead atoms. The van der Waals surface area contributed by atoms with Crippen LogP contribution in [-0.4, -0.2) is 50.3 Å². The first-order chi connectivity index (χ1) is 16.9. The summed E-state index contributed by atoms with van der Waals surface area (Å²) in [7, 11) is 0. The molecule has 1 atom stereocenters. The molecule has 1 unspecified atom stereocenters. The maximum atomic E-state index is 13.7. The summed E-state index contributed by atoms with van der Waals surface area (Å²) in [6.45, 7) is 2.56. The van der Waals surface area contributed by atoms with Crippen LogP contribution < -0.4 is 10.6 Å². The van der Waals surface area contributed by atoms with Crippen molar-refractivity contribution in [3.8, 4) is 0 Å². The van der Waals surface area contributed by atoms with Crippen molar-refractivity contribution in [2.45, 2.75) is 50.9 Å². The van der Waals surface area contributed by atoms with Crippen molar-refractivity contribution < 1.29 is 18.8 Å². The maximum Gasteiger partial charge on any atom is 0.274 e. The van der Waals surface area contributed by atoms with Gasteiger partial charge in [-0.25, -0.2) is 4.98 Å². The van der Waals surface area contributed by atoms with E-state index in [1.165, 1.54) is 6.33 Å². The van der Waals surface area contributed by atoms with Crippen LogP contribution in [0.4, 0.5) is 0 Å². The zero-order valence-electron chi connectivity index (χ0n) is 19.3. The molecule has 0 saturated heterocycles. The monoisotopic (exact) mass is 495 g/mol. The Labute approximate surface area is 207 Å². The van der Waals surface area contributed by atoms with Gasteiger partial charge in [0, 0.05) is 30.6 Å². The van der Waals surface area contributed by atoms with E-state index in [0.717, 1.165) is 24.2 Å². The molecular formula is C25H26ClN5O4. The van der Waals surface area contributed by atoms with E-state index in [0.29, 0.717) is 18.0 Å². The van der Waals surface area contributed by atoms with Crippen molar-refractivity contribution in [1.29, 1.82) is 0 Å². The highest BCUT2D eigenvalue weighted by atomic mass is 35.5. The van der Waals surface area contributed by atoms with E-state index in [1.54, 1.807) is 34.8 Å². The van der Waals surface area contributed by atoms with Crippen molar-refractivity contribution in [2.75, 3.05) is 6.54 Å². The number of nitrogens with one attached hydrogen (secondary N) is 2. The van der Waals surface area contributed by atoms with Gasteiger partial charge in [-0.15, -0.1) is 0 Å². The smallest absolute Gasteiger partial charge is 0.274 e. The van der Waals surface area contributed by atoms with Crippen LogP contribution in [0.3, 0.4) is 0 Å². The van der Waals surface area contributed by atoms with Crippen molar-refractivity contribution in [1.82, 2.24) is 25.1 Å². The summed E-state index contributed by atoms with van der Waals surface area (Å²) >= 11 is 6.23. The first-order valence-corrected chi connectivity index (χ1v) is 12.0. The number of furan rings is 1. The van der Waals surface area contributed by atoms with Crippen molar-refractivity contribution in [3.63, 3.8) is 0 Å². The number of fused-ring (bicyclic) bond motifs is 1. The average molecular weight is 496 g/mol. The minimum absolute atomic E-state index is 0.0444. The molecule has 3 amide bonds. The minimum Gasteiger partial charge on any atom is -0.469 e. The van der Waals surface area contributed by atoms with Crippen LogP contribution in [0.2, 0.25) is 5.02 Å². The fourth-order valence-electron chi connectivity index (χ4n) is 4.57. The van der Waals surface area contributed by atoms with Gasteiger partial charge < -0.3 is 24.5 Å². The van der Waals surface area contributed by atoms with E-state index in [4.69, 9.17) is 16.0 Å². The van der Waals surface area contributed by atoms with Gasteiger partial charge in [-0.3, -0.25) is 14.4 Å².